The molecule has 0 unspecified atom stereocenters. The summed E-state index contributed by atoms with van der Waals surface area (Å²) in [5.41, 5.74) is 1.85. The highest BCUT2D eigenvalue weighted by Crippen LogP contribution is 2.29. The molecule has 2 aromatic carbocycles. The molecule has 7 heteroatoms. The first-order chi connectivity index (χ1) is 11.2. The third-order valence-electron chi connectivity index (χ3n) is 3.27. The molecule has 0 radical (unpaired) electrons. The Morgan fingerprint density at radius 3 is 2.42 bits per heavy atom. The van der Waals surface area contributed by atoms with Gasteiger partial charge in [0.2, 0.25) is 0 Å². The van der Waals surface area contributed by atoms with Gasteiger partial charge in [-0.05, 0) is 23.8 Å². The maximum Gasteiger partial charge on any atom is 0.195 e. The van der Waals surface area contributed by atoms with Crippen LogP contribution in [0.4, 0.5) is 5.69 Å². The molecule has 24 heavy (non-hydrogen) atoms. The van der Waals surface area contributed by atoms with Crippen LogP contribution in [-0.2, 0) is 6.54 Å². The molecule has 0 saturated heterocycles. The summed E-state index contributed by atoms with van der Waals surface area (Å²) in [5, 5.41) is 7.15. The van der Waals surface area contributed by atoms with Gasteiger partial charge in [-0.25, -0.2) is 0 Å². The highest BCUT2D eigenvalue weighted by molar-refractivity contribution is 14.0. The van der Waals surface area contributed by atoms with E-state index >= 15 is 0 Å². The molecule has 5 nitrogen and oxygen atoms in total. The first-order valence-electron chi connectivity index (χ1n) is 7.11. The van der Waals surface area contributed by atoms with E-state index in [4.69, 9.17) is 21.1 Å². The number of methoxy groups -OCH3 is 2. The number of nitrogens with zero attached hydrogens (tertiary/aromatic N) is 1. The molecular weight excluding hydrogens is 441 g/mol. The van der Waals surface area contributed by atoms with Crippen molar-refractivity contribution in [2.24, 2.45) is 4.99 Å². The molecule has 0 atom stereocenters. The topological polar surface area (TPSA) is 54.9 Å². The number of anilines is 1. The monoisotopic (exact) mass is 461 g/mol. The van der Waals surface area contributed by atoms with Gasteiger partial charge in [-0.3, -0.25) is 4.99 Å². The van der Waals surface area contributed by atoms with Crippen LogP contribution < -0.4 is 20.1 Å². The summed E-state index contributed by atoms with van der Waals surface area (Å²) in [6.45, 7) is 0.576. The van der Waals surface area contributed by atoms with Gasteiger partial charge in [0.15, 0.2) is 17.5 Å². The Bertz CT molecular complexity index is 695. The van der Waals surface area contributed by atoms with Crippen LogP contribution in [0.3, 0.4) is 0 Å². The predicted octanol–water partition coefficient (Wildman–Crippen LogP) is 4.16. The molecule has 0 heterocycles. The van der Waals surface area contributed by atoms with Gasteiger partial charge in [0.05, 0.1) is 14.2 Å². The van der Waals surface area contributed by atoms with Crippen LogP contribution in [0.5, 0.6) is 11.5 Å². The molecule has 2 rings (SSSR count). The highest BCUT2D eigenvalue weighted by Gasteiger charge is 2.07. The van der Waals surface area contributed by atoms with Crippen LogP contribution in [0.25, 0.3) is 0 Å². The van der Waals surface area contributed by atoms with E-state index in [1.165, 1.54) is 0 Å². The van der Waals surface area contributed by atoms with Gasteiger partial charge >= 0.3 is 0 Å². The highest BCUT2D eigenvalue weighted by atomic mass is 127. The fourth-order valence-corrected chi connectivity index (χ4v) is 2.25. The van der Waals surface area contributed by atoms with Crippen LogP contribution in [0.2, 0.25) is 5.02 Å². The van der Waals surface area contributed by atoms with Crippen LogP contribution in [-0.4, -0.2) is 27.2 Å². The fraction of sp³-hybridized carbons (Fsp3) is 0.235. The van der Waals surface area contributed by atoms with E-state index in [-0.39, 0.29) is 24.0 Å². The number of hydrogen-bond donors (Lipinski definition) is 2. The Hall–Kier alpha value is -1.67. The normalized spacial score (nSPS) is 10.6. The molecule has 0 aliphatic heterocycles. The molecule has 0 aliphatic carbocycles. The van der Waals surface area contributed by atoms with Crippen molar-refractivity contribution in [3.63, 3.8) is 0 Å². The zero-order valence-corrected chi connectivity index (χ0v) is 16.9. The summed E-state index contributed by atoms with van der Waals surface area (Å²) in [7, 11) is 4.92. The van der Waals surface area contributed by atoms with Crippen molar-refractivity contribution in [1.29, 1.82) is 0 Å². The number of rotatable bonds is 5. The third-order valence-corrected chi connectivity index (χ3v) is 3.64. The molecular formula is C17H21ClIN3O2. The summed E-state index contributed by atoms with van der Waals surface area (Å²) in [6.07, 6.45) is 0. The van der Waals surface area contributed by atoms with Crippen molar-refractivity contribution in [3.8, 4) is 11.5 Å². The van der Waals surface area contributed by atoms with Gasteiger partial charge in [-0.2, -0.15) is 0 Å². The van der Waals surface area contributed by atoms with Crippen LogP contribution >= 0.6 is 35.6 Å². The molecule has 130 valence electrons. The molecule has 0 fully saturated rings. The zero-order chi connectivity index (χ0) is 16.7. The fourth-order valence-electron chi connectivity index (χ4n) is 2.05. The molecule has 0 bridgehead atoms. The lowest BCUT2D eigenvalue weighted by atomic mass is 10.2. The van der Waals surface area contributed by atoms with E-state index in [1.807, 2.05) is 42.5 Å². The van der Waals surface area contributed by atoms with Crippen LogP contribution in [0, 0.1) is 0 Å². The first kappa shape index (κ1) is 20.4. The summed E-state index contributed by atoms with van der Waals surface area (Å²) < 4.78 is 10.5. The van der Waals surface area contributed by atoms with E-state index in [2.05, 4.69) is 15.6 Å². The molecule has 0 saturated carbocycles. The van der Waals surface area contributed by atoms with E-state index in [9.17, 15) is 0 Å². The summed E-state index contributed by atoms with van der Waals surface area (Å²) in [6, 6.07) is 13.3. The third kappa shape index (κ3) is 5.45. The molecule has 0 aromatic heterocycles. The summed E-state index contributed by atoms with van der Waals surface area (Å²) in [4.78, 5) is 4.21. The Morgan fingerprint density at radius 1 is 1.08 bits per heavy atom. The number of ether oxygens (including phenoxy) is 2. The van der Waals surface area contributed by atoms with Gasteiger partial charge in [0, 0.05) is 30.4 Å². The van der Waals surface area contributed by atoms with E-state index in [0.29, 0.717) is 24.0 Å². The number of aliphatic imine (C=N–C) groups is 1. The molecule has 0 aliphatic rings. The van der Waals surface area contributed by atoms with Crippen molar-refractivity contribution < 1.29 is 9.47 Å². The Kier molecular flexibility index (Phi) is 8.70. The van der Waals surface area contributed by atoms with Gasteiger partial charge < -0.3 is 20.1 Å². The van der Waals surface area contributed by atoms with Crippen molar-refractivity contribution in [2.75, 3.05) is 26.6 Å². The van der Waals surface area contributed by atoms with Crippen molar-refractivity contribution in [2.45, 2.75) is 6.54 Å². The maximum atomic E-state index is 6.15. The first-order valence-corrected chi connectivity index (χ1v) is 7.49. The largest absolute Gasteiger partial charge is 0.493 e. The Balaban J connectivity index is 0.00000288. The van der Waals surface area contributed by atoms with Gasteiger partial charge in [-0.1, -0.05) is 29.8 Å². The minimum Gasteiger partial charge on any atom is -0.493 e. The Labute approximate surface area is 164 Å². The van der Waals surface area contributed by atoms with Crippen LogP contribution in [0.1, 0.15) is 5.56 Å². The minimum absolute atomic E-state index is 0. The zero-order valence-electron chi connectivity index (χ0n) is 13.8. The lowest BCUT2D eigenvalue weighted by Gasteiger charge is -2.14. The average molecular weight is 462 g/mol. The number of guanidine groups is 1. The van der Waals surface area contributed by atoms with E-state index in [0.717, 1.165) is 16.3 Å². The molecule has 2 N–H and O–H groups in total. The predicted molar refractivity (Wildman–Crippen MR) is 110 cm³/mol. The number of hydrogen-bond acceptors (Lipinski definition) is 3. The number of nitrogens with one attached hydrogen (secondary N) is 2. The van der Waals surface area contributed by atoms with E-state index in [1.54, 1.807) is 21.3 Å². The average Bonchev–Trinajstić information content (AvgIpc) is 2.59. The molecule has 0 amide bonds. The number of benzene rings is 2. The second kappa shape index (κ2) is 10.2. The Morgan fingerprint density at radius 2 is 1.79 bits per heavy atom. The smallest absolute Gasteiger partial charge is 0.195 e. The standard InChI is InChI=1S/C17H20ClN3O2.HI/c1-19-17(20-11-12-6-4-5-7-14(12)18)21-13-8-9-15(22-2)16(10-13)23-3;/h4-10H,11H2,1-3H3,(H2,19,20,21);1H. The summed E-state index contributed by atoms with van der Waals surface area (Å²) >= 11 is 6.15. The van der Waals surface area contributed by atoms with Gasteiger partial charge in [-0.15, -0.1) is 24.0 Å². The quantitative estimate of drug-likeness (QED) is 0.399. The van der Waals surface area contributed by atoms with Crippen molar-refractivity contribution in [3.05, 3.63) is 53.1 Å². The van der Waals surface area contributed by atoms with Crippen molar-refractivity contribution >= 4 is 47.2 Å². The molecule has 0 spiro atoms. The molecule has 2 aromatic rings. The van der Waals surface area contributed by atoms with Gasteiger partial charge in [0.25, 0.3) is 0 Å². The van der Waals surface area contributed by atoms with Gasteiger partial charge in [0.1, 0.15) is 0 Å². The second-order valence-electron chi connectivity index (χ2n) is 4.71. The second-order valence-corrected chi connectivity index (χ2v) is 5.12. The lowest BCUT2D eigenvalue weighted by molar-refractivity contribution is 0.355. The van der Waals surface area contributed by atoms with E-state index < -0.39 is 0 Å². The minimum atomic E-state index is 0. The lowest BCUT2D eigenvalue weighted by Crippen LogP contribution is -2.30. The van der Waals surface area contributed by atoms with Crippen LogP contribution in [0.15, 0.2) is 47.5 Å². The number of halogens is 2. The van der Waals surface area contributed by atoms with Crippen molar-refractivity contribution in [1.82, 2.24) is 5.32 Å². The maximum absolute atomic E-state index is 6.15. The summed E-state index contributed by atoms with van der Waals surface area (Å²) in [5.74, 6) is 1.97. The SMILES string of the molecule is CN=C(NCc1ccccc1Cl)Nc1ccc(OC)c(OC)c1.I.